The van der Waals surface area contributed by atoms with E-state index in [2.05, 4.69) is 13.2 Å². The molecular weight excluding hydrogens is 446 g/mol. The molecule has 2 aliphatic carbocycles. The molecule has 4 unspecified atom stereocenters. The first kappa shape index (κ1) is 25.2. The molecule has 0 aliphatic heterocycles. The van der Waals surface area contributed by atoms with Gasteiger partial charge in [-0.05, 0) is 86.3 Å². The molecule has 4 atom stereocenters. The number of fused-ring (bicyclic) bond motifs is 1. The van der Waals surface area contributed by atoms with E-state index in [0.717, 1.165) is 36.3 Å². The van der Waals surface area contributed by atoms with Gasteiger partial charge in [0.25, 0.3) is 0 Å². The first-order valence-corrected chi connectivity index (χ1v) is 12.6. The Bertz CT molecular complexity index is 1020. The lowest BCUT2D eigenvalue weighted by molar-refractivity contribution is 0.0733. The zero-order chi connectivity index (χ0) is 24.8. The number of rotatable bonds is 9. The summed E-state index contributed by atoms with van der Waals surface area (Å²) in [5, 5.41) is 0. The van der Waals surface area contributed by atoms with Crippen LogP contribution in [0.3, 0.4) is 0 Å². The Morgan fingerprint density at radius 1 is 0.943 bits per heavy atom. The fourth-order valence-electron chi connectivity index (χ4n) is 5.84. The summed E-state index contributed by atoms with van der Waals surface area (Å²) in [4.78, 5) is 12.6. The van der Waals surface area contributed by atoms with E-state index in [0.29, 0.717) is 11.5 Å². The molecule has 2 saturated carbocycles. The van der Waals surface area contributed by atoms with E-state index in [9.17, 15) is 13.6 Å². The molecule has 2 aliphatic rings. The molecule has 2 fully saturated rings. The number of hydrogen-bond donors (Lipinski definition) is 0. The topological polar surface area (TPSA) is 35.5 Å². The number of halogens is 2. The molecule has 0 aromatic heterocycles. The number of benzene rings is 2. The van der Waals surface area contributed by atoms with Crippen LogP contribution in [-0.4, -0.2) is 12.6 Å². The number of carbonyl (C=O) groups is 1. The Balaban J connectivity index is 1.34. The van der Waals surface area contributed by atoms with Crippen LogP contribution in [0, 0.1) is 29.4 Å². The lowest BCUT2D eigenvalue weighted by atomic mass is 9.63. The van der Waals surface area contributed by atoms with Gasteiger partial charge in [-0.2, -0.15) is 0 Å². The number of esters is 1. The molecular formula is C30H34F2O3. The lowest BCUT2D eigenvalue weighted by Crippen LogP contribution is -2.30. The highest BCUT2D eigenvalue weighted by Gasteiger charge is 2.35. The molecule has 0 N–H and O–H groups in total. The van der Waals surface area contributed by atoms with Crippen LogP contribution in [-0.2, 0) is 0 Å². The molecule has 4 rings (SSSR count). The second-order valence-electron chi connectivity index (χ2n) is 9.90. The molecule has 2 aromatic carbocycles. The lowest BCUT2D eigenvalue weighted by Gasteiger charge is -2.42. The minimum atomic E-state index is -0.935. The van der Waals surface area contributed by atoms with E-state index in [1.54, 1.807) is 12.1 Å². The molecule has 3 nitrogen and oxygen atoms in total. The average molecular weight is 481 g/mol. The van der Waals surface area contributed by atoms with Crippen LogP contribution in [0.4, 0.5) is 8.78 Å². The third-order valence-electron chi connectivity index (χ3n) is 7.65. The summed E-state index contributed by atoms with van der Waals surface area (Å²) in [6.45, 7) is 7.28. The van der Waals surface area contributed by atoms with Gasteiger partial charge in [-0.25, -0.2) is 13.6 Å². The van der Waals surface area contributed by atoms with Gasteiger partial charge in [0.1, 0.15) is 12.4 Å². The quantitative estimate of drug-likeness (QED) is 0.207. The second-order valence-corrected chi connectivity index (χ2v) is 9.90. The van der Waals surface area contributed by atoms with Crippen LogP contribution in [0.15, 0.2) is 61.7 Å². The van der Waals surface area contributed by atoms with E-state index in [4.69, 9.17) is 9.47 Å². The van der Waals surface area contributed by atoms with Gasteiger partial charge in [-0.1, -0.05) is 37.3 Å². The van der Waals surface area contributed by atoms with Crippen molar-refractivity contribution in [2.45, 2.75) is 57.3 Å². The van der Waals surface area contributed by atoms with Crippen molar-refractivity contribution >= 4 is 5.97 Å². The predicted octanol–water partition coefficient (Wildman–Crippen LogP) is 8.02. The van der Waals surface area contributed by atoms with Crippen molar-refractivity contribution in [3.05, 3.63) is 84.5 Å². The first-order chi connectivity index (χ1) is 17.0. The summed E-state index contributed by atoms with van der Waals surface area (Å²) in [6, 6.07) is 9.35. The number of ether oxygens (including phenoxy) is 2. The van der Waals surface area contributed by atoms with Crippen molar-refractivity contribution < 1.29 is 23.0 Å². The van der Waals surface area contributed by atoms with Gasteiger partial charge < -0.3 is 9.47 Å². The van der Waals surface area contributed by atoms with Crippen LogP contribution in [0.1, 0.15) is 73.2 Å². The van der Waals surface area contributed by atoms with E-state index < -0.39 is 23.4 Å². The van der Waals surface area contributed by atoms with Gasteiger partial charge in [0.2, 0.25) is 0 Å². The van der Waals surface area contributed by atoms with Crippen molar-refractivity contribution in [1.29, 1.82) is 0 Å². The van der Waals surface area contributed by atoms with Crippen LogP contribution >= 0.6 is 0 Å². The largest absolute Gasteiger partial charge is 0.483 e. The second kappa shape index (κ2) is 11.7. The Kier molecular flexibility index (Phi) is 8.37. The van der Waals surface area contributed by atoms with Gasteiger partial charge in [0, 0.05) is 12.1 Å². The van der Waals surface area contributed by atoms with Gasteiger partial charge in [-0.15, -0.1) is 6.58 Å². The summed E-state index contributed by atoms with van der Waals surface area (Å²) < 4.78 is 38.5. The van der Waals surface area contributed by atoms with Gasteiger partial charge >= 0.3 is 5.97 Å². The molecule has 0 heterocycles. The van der Waals surface area contributed by atoms with E-state index in [1.165, 1.54) is 56.6 Å². The average Bonchev–Trinajstić information content (AvgIpc) is 2.86. The highest BCUT2D eigenvalue weighted by molar-refractivity contribution is 5.91. The Hall–Kier alpha value is -2.95. The molecule has 2 aromatic rings. The molecule has 186 valence electrons. The summed E-state index contributed by atoms with van der Waals surface area (Å²) in [6.07, 6.45) is 13.5. The van der Waals surface area contributed by atoms with Crippen LogP contribution in [0.5, 0.6) is 11.5 Å². The monoisotopic (exact) mass is 480 g/mol. The minimum Gasteiger partial charge on any atom is -0.483 e. The summed E-state index contributed by atoms with van der Waals surface area (Å²) in [7, 11) is 0. The first-order valence-electron chi connectivity index (χ1n) is 12.6. The number of carbonyl (C=O) groups excluding carboxylic acids is 1. The third kappa shape index (κ3) is 6.19. The summed E-state index contributed by atoms with van der Waals surface area (Å²) in [5.41, 5.74) is 1.59. The summed E-state index contributed by atoms with van der Waals surface area (Å²) >= 11 is 0. The van der Waals surface area contributed by atoms with Crippen LogP contribution in [0.25, 0.3) is 0 Å². The maximum Gasteiger partial charge on any atom is 0.343 e. The normalized spacial score (nSPS) is 23.7. The fourth-order valence-corrected chi connectivity index (χ4v) is 5.84. The van der Waals surface area contributed by atoms with E-state index in [1.807, 2.05) is 18.2 Å². The van der Waals surface area contributed by atoms with Crippen LogP contribution < -0.4 is 9.47 Å². The van der Waals surface area contributed by atoms with Crippen molar-refractivity contribution in [2.75, 3.05) is 6.61 Å². The Labute approximate surface area is 206 Å². The standard InChI is InChI=1S/C30H34F2O3/c1-3-5-6-20-7-8-25-17-24(14-13-23(25)16-20)21-9-11-22(12-10-21)30(33)35-26-18-27(31)29(28(32)19-26)34-15-4-2/h3-4,9-12,18-20,23-25H,1-2,5-8,13-17H2. The van der Waals surface area contributed by atoms with Gasteiger partial charge in [0.05, 0.1) is 5.56 Å². The smallest absolute Gasteiger partial charge is 0.343 e. The zero-order valence-corrected chi connectivity index (χ0v) is 20.2. The molecule has 35 heavy (non-hydrogen) atoms. The van der Waals surface area contributed by atoms with Crippen molar-refractivity contribution in [3.63, 3.8) is 0 Å². The molecule has 0 spiro atoms. The Morgan fingerprint density at radius 3 is 2.31 bits per heavy atom. The van der Waals surface area contributed by atoms with Gasteiger partial charge in [-0.3, -0.25) is 0 Å². The molecule has 0 saturated heterocycles. The maximum atomic E-state index is 14.1. The molecule has 0 bridgehead atoms. The number of allylic oxidation sites excluding steroid dienone is 1. The SMILES string of the molecule is C=CCCC1CCC2CC(c3ccc(C(=O)Oc4cc(F)c(OCC=C)c(F)c4)cc3)CCC2C1. The van der Waals surface area contributed by atoms with Crippen molar-refractivity contribution in [1.82, 2.24) is 0 Å². The fraction of sp³-hybridized carbons (Fsp3) is 0.433. The van der Waals surface area contributed by atoms with Crippen molar-refractivity contribution in [3.8, 4) is 11.5 Å². The molecule has 5 heteroatoms. The Morgan fingerprint density at radius 2 is 1.63 bits per heavy atom. The predicted molar refractivity (Wildman–Crippen MR) is 134 cm³/mol. The highest BCUT2D eigenvalue weighted by atomic mass is 19.1. The third-order valence-corrected chi connectivity index (χ3v) is 7.65. The summed E-state index contributed by atoms with van der Waals surface area (Å²) in [5.74, 6) is -0.246. The van der Waals surface area contributed by atoms with E-state index in [-0.39, 0.29) is 12.4 Å². The molecule has 0 amide bonds. The van der Waals surface area contributed by atoms with Gasteiger partial charge in [0.15, 0.2) is 17.4 Å². The maximum absolute atomic E-state index is 14.1. The molecule has 0 radical (unpaired) electrons. The number of hydrogen-bond acceptors (Lipinski definition) is 3. The van der Waals surface area contributed by atoms with Crippen LogP contribution in [0.2, 0.25) is 0 Å². The van der Waals surface area contributed by atoms with E-state index >= 15 is 0 Å². The van der Waals surface area contributed by atoms with Crippen molar-refractivity contribution in [2.24, 2.45) is 17.8 Å². The highest BCUT2D eigenvalue weighted by Crippen LogP contribution is 2.48. The zero-order valence-electron chi connectivity index (χ0n) is 20.2. The minimum absolute atomic E-state index is 0.0298.